The molecule has 0 aliphatic heterocycles. The normalized spacial score (nSPS) is 9.80. The van der Waals surface area contributed by atoms with E-state index in [4.69, 9.17) is 15.2 Å². The van der Waals surface area contributed by atoms with E-state index in [2.05, 4.69) is 9.97 Å². The van der Waals surface area contributed by atoms with Crippen LogP contribution in [0.3, 0.4) is 0 Å². The highest BCUT2D eigenvalue weighted by atomic mass is 16.5. The monoisotopic (exact) mass is 211 g/mol. The van der Waals surface area contributed by atoms with Crippen LogP contribution in [0.25, 0.3) is 0 Å². The fraction of sp³-hybridized carbons (Fsp3) is 0.444. The van der Waals surface area contributed by atoms with Crippen LogP contribution in [0.4, 0.5) is 0 Å². The maximum atomic E-state index is 11.4. The van der Waals surface area contributed by atoms with Gasteiger partial charge >= 0.3 is 0 Å². The molecule has 1 rings (SSSR count). The first kappa shape index (κ1) is 11.4. The fourth-order valence-corrected chi connectivity index (χ4v) is 1.02. The van der Waals surface area contributed by atoms with Crippen molar-refractivity contribution >= 4 is 5.78 Å². The van der Waals surface area contributed by atoms with E-state index < -0.39 is 0 Å². The van der Waals surface area contributed by atoms with Gasteiger partial charge in [0.05, 0.1) is 20.4 Å². The van der Waals surface area contributed by atoms with Crippen molar-refractivity contribution in [2.24, 2.45) is 5.73 Å². The molecule has 1 aromatic heterocycles. The summed E-state index contributed by atoms with van der Waals surface area (Å²) >= 11 is 0. The summed E-state index contributed by atoms with van der Waals surface area (Å²) < 4.78 is 9.89. The first-order valence-electron chi connectivity index (χ1n) is 4.41. The van der Waals surface area contributed by atoms with E-state index in [1.165, 1.54) is 20.4 Å². The van der Waals surface area contributed by atoms with Crippen LogP contribution in [-0.2, 0) is 0 Å². The summed E-state index contributed by atoms with van der Waals surface area (Å²) in [6, 6.07) is 0. The zero-order chi connectivity index (χ0) is 11.3. The Balaban J connectivity index is 2.97. The van der Waals surface area contributed by atoms with Crippen molar-refractivity contribution in [1.82, 2.24) is 9.97 Å². The lowest BCUT2D eigenvalue weighted by molar-refractivity contribution is 0.0974. The number of carbonyl (C=O) groups excluding carboxylic acids is 1. The highest BCUT2D eigenvalue weighted by Gasteiger charge is 2.13. The molecule has 0 fully saturated rings. The summed E-state index contributed by atoms with van der Waals surface area (Å²) in [6.45, 7) is 0.274. The molecular formula is C9H13N3O3. The zero-order valence-electron chi connectivity index (χ0n) is 8.69. The van der Waals surface area contributed by atoms with Gasteiger partial charge in [-0.25, -0.2) is 4.98 Å². The second kappa shape index (κ2) is 5.26. The minimum atomic E-state index is -0.210. The van der Waals surface area contributed by atoms with Crippen LogP contribution in [0.5, 0.6) is 11.6 Å². The van der Waals surface area contributed by atoms with E-state index in [0.29, 0.717) is 5.75 Å². The largest absolute Gasteiger partial charge is 0.490 e. The van der Waals surface area contributed by atoms with E-state index in [-0.39, 0.29) is 30.5 Å². The van der Waals surface area contributed by atoms with Crippen molar-refractivity contribution < 1.29 is 14.3 Å². The Morgan fingerprint density at radius 2 is 2.20 bits per heavy atom. The smallest absolute Gasteiger partial charge is 0.260 e. The van der Waals surface area contributed by atoms with E-state index >= 15 is 0 Å². The predicted molar refractivity (Wildman–Crippen MR) is 53.1 cm³/mol. The Morgan fingerprint density at radius 1 is 1.47 bits per heavy atom. The van der Waals surface area contributed by atoms with Gasteiger partial charge in [-0.1, -0.05) is 0 Å². The number of aromatic nitrogens is 2. The molecule has 0 spiro atoms. The van der Waals surface area contributed by atoms with Crippen LogP contribution < -0.4 is 15.2 Å². The third-order valence-electron chi connectivity index (χ3n) is 1.76. The first-order chi connectivity index (χ1) is 7.22. The Hall–Kier alpha value is -1.69. The third kappa shape index (κ3) is 2.63. The summed E-state index contributed by atoms with van der Waals surface area (Å²) in [5, 5.41) is 0. The Morgan fingerprint density at radius 3 is 2.73 bits per heavy atom. The SMILES string of the molecule is COc1cnc(C(=O)CCN)nc1OC. The van der Waals surface area contributed by atoms with Gasteiger partial charge in [-0.15, -0.1) is 0 Å². The number of rotatable bonds is 5. The maximum Gasteiger partial charge on any atom is 0.260 e. The Bertz CT molecular complexity index is 354. The highest BCUT2D eigenvalue weighted by Crippen LogP contribution is 2.22. The summed E-state index contributed by atoms with van der Waals surface area (Å²) in [4.78, 5) is 19.2. The number of nitrogens with zero attached hydrogens (tertiary/aromatic N) is 2. The Kier molecular flexibility index (Phi) is 3.99. The molecule has 0 atom stereocenters. The molecule has 1 aromatic rings. The second-order valence-electron chi connectivity index (χ2n) is 2.73. The minimum Gasteiger partial charge on any atom is -0.490 e. The molecule has 2 N–H and O–H groups in total. The molecule has 0 aromatic carbocycles. The lowest BCUT2D eigenvalue weighted by Crippen LogP contribution is -2.12. The number of Topliss-reactive ketones (excluding diaryl/α,β-unsaturated/α-hetero) is 1. The van der Waals surface area contributed by atoms with Crippen molar-refractivity contribution in [2.45, 2.75) is 6.42 Å². The lowest BCUT2D eigenvalue weighted by atomic mass is 10.2. The molecular weight excluding hydrogens is 198 g/mol. The molecule has 0 unspecified atom stereocenters. The number of carbonyl (C=O) groups is 1. The molecule has 0 radical (unpaired) electrons. The van der Waals surface area contributed by atoms with Gasteiger partial charge in [0, 0.05) is 6.42 Å². The summed E-state index contributed by atoms with van der Waals surface area (Å²) in [5.41, 5.74) is 5.26. The van der Waals surface area contributed by atoms with Crippen LogP contribution in [0.1, 0.15) is 17.0 Å². The van der Waals surface area contributed by atoms with E-state index in [0.717, 1.165) is 0 Å². The summed E-state index contributed by atoms with van der Waals surface area (Å²) in [7, 11) is 2.92. The van der Waals surface area contributed by atoms with Crippen LogP contribution >= 0.6 is 0 Å². The van der Waals surface area contributed by atoms with Crippen molar-refractivity contribution in [3.05, 3.63) is 12.0 Å². The van der Waals surface area contributed by atoms with Crippen molar-refractivity contribution in [3.63, 3.8) is 0 Å². The van der Waals surface area contributed by atoms with Crippen LogP contribution in [0.15, 0.2) is 6.20 Å². The van der Waals surface area contributed by atoms with Gasteiger partial charge in [-0.05, 0) is 6.54 Å². The molecule has 6 heteroatoms. The minimum absolute atomic E-state index is 0.0955. The van der Waals surface area contributed by atoms with Crippen molar-refractivity contribution in [2.75, 3.05) is 20.8 Å². The van der Waals surface area contributed by atoms with Gasteiger partial charge in [0.1, 0.15) is 0 Å². The lowest BCUT2D eigenvalue weighted by Gasteiger charge is -2.06. The molecule has 0 bridgehead atoms. The molecule has 0 amide bonds. The number of nitrogens with two attached hydrogens (primary N) is 1. The van der Waals surface area contributed by atoms with Gasteiger partial charge in [-0.3, -0.25) is 4.79 Å². The third-order valence-corrected chi connectivity index (χ3v) is 1.76. The number of hydrogen-bond acceptors (Lipinski definition) is 6. The number of methoxy groups -OCH3 is 2. The molecule has 82 valence electrons. The van der Waals surface area contributed by atoms with E-state index in [1.54, 1.807) is 0 Å². The van der Waals surface area contributed by atoms with Gasteiger partial charge in [0.2, 0.25) is 5.78 Å². The number of hydrogen-bond donors (Lipinski definition) is 1. The van der Waals surface area contributed by atoms with E-state index in [9.17, 15) is 4.79 Å². The standard InChI is InChI=1S/C9H13N3O3/c1-14-7-5-11-8(6(13)3-4-10)12-9(7)15-2/h5H,3-4,10H2,1-2H3. The summed E-state index contributed by atoms with van der Waals surface area (Å²) in [5.74, 6) is 0.520. The topological polar surface area (TPSA) is 87.3 Å². The van der Waals surface area contributed by atoms with Crippen molar-refractivity contribution in [1.29, 1.82) is 0 Å². The van der Waals surface area contributed by atoms with Crippen molar-refractivity contribution in [3.8, 4) is 11.6 Å². The second-order valence-corrected chi connectivity index (χ2v) is 2.73. The van der Waals surface area contributed by atoms with Gasteiger partial charge < -0.3 is 15.2 Å². The summed E-state index contributed by atoms with van der Waals surface area (Å²) in [6.07, 6.45) is 1.62. The fourth-order valence-electron chi connectivity index (χ4n) is 1.02. The van der Waals surface area contributed by atoms with Crippen LogP contribution in [0, 0.1) is 0 Å². The average Bonchev–Trinajstić information content (AvgIpc) is 2.28. The quantitative estimate of drug-likeness (QED) is 0.691. The number of ether oxygens (including phenoxy) is 2. The Labute approximate surface area is 87.4 Å². The molecule has 0 saturated heterocycles. The van der Waals surface area contributed by atoms with Crippen LogP contribution in [-0.4, -0.2) is 36.5 Å². The molecule has 0 saturated carbocycles. The predicted octanol–water partition coefficient (Wildman–Crippen LogP) is 0.0253. The maximum absolute atomic E-state index is 11.4. The van der Waals surface area contributed by atoms with E-state index in [1.807, 2.05) is 0 Å². The van der Waals surface area contributed by atoms with Gasteiger partial charge in [0.15, 0.2) is 11.6 Å². The molecule has 0 aliphatic carbocycles. The zero-order valence-corrected chi connectivity index (χ0v) is 8.69. The molecule has 1 heterocycles. The molecule has 15 heavy (non-hydrogen) atoms. The number of ketones is 1. The van der Waals surface area contributed by atoms with Crippen LogP contribution in [0.2, 0.25) is 0 Å². The highest BCUT2D eigenvalue weighted by molar-refractivity contribution is 5.92. The molecule has 0 aliphatic rings. The van der Waals surface area contributed by atoms with Gasteiger partial charge in [-0.2, -0.15) is 4.98 Å². The molecule has 6 nitrogen and oxygen atoms in total. The first-order valence-corrected chi connectivity index (χ1v) is 4.41. The van der Waals surface area contributed by atoms with Gasteiger partial charge in [0.25, 0.3) is 5.88 Å². The average molecular weight is 211 g/mol.